The maximum absolute atomic E-state index is 11.4. The van der Waals surface area contributed by atoms with Crippen molar-refractivity contribution in [2.75, 3.05) is 49.6 Å². The van der Waals surface area contributed by atoms with E-state index < -0.39 is 0 Å². The summed E-state index contributed by atoms with van der Waals surface area (Å²) in [4.78, 5) is 16.2. The predicted octanol–water partition coefficient (Wildman–Crippen LogP) is 1.06. The zero-order valence-electron chi connectivity index (χ0n) is 12.5. The van der Waals surface area contributed by atoms with Crippen molar-refractivity contribution in [2.45, 2.75) is 12.5 Å². The van der Waals surface area contributed by atoms with Crippen LogP contribution >= 0.6 is 0 Å². The Morgan fingerprint density at radius 3 is 2.45 bits per heavy atom. The Bertz CT molecular complexity index is 555. The maximum atomic E-state index is 11.4. The highest BCUT2D eigenvalue weighted by Gasteiger charge is 2.28. The van der Waals surface area contributed by atoms with Crippen LogP contribution in [-0.2, 0) is 9.53 Å². The minimum absolute atomic E-state index is 0.116. The van der Waals surface area contributed by atoms with Gasteiger partial charge in [0, 0.05) is 37.6 Å². The lowest BCUT2D eigenvalue weighted by molar-refractivity contribution is -0.115. The zero-order chi connectivity index (χ0) is 15.4. The number of benzene rings is 1. The van der Waals surface area contributed by atoms with Gasteiger partial charge in [0.25, 0.3) is 0 Å². The fourth-order valence-electron chi connectivity index (χ4n) is 2.81. The Morgan fingerprint density at radius 1 is 1.23 bits per heavy atom. The number of carbonyl (C=O) groups is 1. The molecule has 2 saturated heterocycles. The Labute approximate surface area is 130 Å². The third kappa shape index (κ3) is 3.38. The third-order valence-corrected chi connectivity index (χ3v) is 4.21. The van der Waals surface area contributed by atoms with Gasteiger partial charge in [-0.1, -0.05) is 0 Å². The van der Waals surface area contributed by atoms with Gasteiger partial charge in [-0.3, -0.25) is 9.69 Å². The molecule has 0 aliphatic carbocycles. The second-order valence-corrected chi connectivity index (χ2v) is 5.64. The molecule has 2 heterocycles. The Hall–Kier alpha value is -2.10. The predicted molar refractivity (Wildman–Crippen MR) is 83.7 cm³/mol. The van der Waals surface area contributed by atoms with Crippen molar-refractivity contribution < 1.29 is 9.53 Å². The lowest BCUT2D eigenvalue weighted by atomic mass is 10.1. The first-order valence-electron chi connectivity index (χ1n) is 7.60. The third-order valence-electron chi connectivity index (χ3n) is 4.21. The van der Waals surface area contributed by atoms with E-state index in [-0.39, 0.29) is 12.3 Å². The summed E-state index contributed by atoms with van der Waals surface area (Å²) >= 11 is 0. The lowest BCUT2D eigenvalue weighted by Crippen LogP contribution is -2.56. The molecule has 0 aromatic heterocycles. The van der Waals surface area contributed by atoms with Gasteiger partial charge in [-0.2, -0.15) is 5.26 Å². The van der Waals surface area contributed by atoms with E-state index in [2.05, 4.69) is 15.1 Å². The molecule has 6 heteroatoms. The number of carbonyl (C=O) groups excluding carboxylic acids is 1. The van der Waals surface area contributed by atoms with Gasteiger partial charge in [0.1, 0.15) is 6.42 Å². The van der Waals surface area contributed by atoms with Crippen molar-refractivity contribution in [3.05, 3.63) is 24.3 Å². The Morgan fingerprint density at radius 2 is 1.91 bits per heavy atom. The van der Waals surface area contributed by atoms with Gasteiger partial charge in [0.2, 0.25) is 5.91 Å². The number of nitrogens with zero attached hydrogens (tertiary/aromatic N) is 3. The molecule has 0 bridgehead atoms. The molecule has 116 valence electrons. The summed E-state index contributed by atoms with van der Waals surface area (Å²) in [5.74, 6) is -0.272. The fraction of sp³-hybridized carbons (Fsp3) is 0.500. The lowest BCUT2D eigenvalue weighted by Gasteiger charge is -2.43. The van der Waals surface area contributed by atoms with E-state index in [0.717, 1.165) is 45.1 Å². The first-order valence-corrected chi connectivity index (χ1v) is 7.60. The number of nitrogens with one attached hydrogen (secondary N) is 1. The van der Waals surface area contributed by atoms with Crippen LogP contribution < -0.4 is 10.2 Å². The second-order valence-electron chi connectivity index (χ2n) is 5.64. The number of nitriles is 1. The molecule has 0 saturated carbocycles. The minimum Gasteiger partial charge on any atom is -0.378 e. The monoisotopic (exact) mass is 300 g/mol. The molecule has 1 aromatic carbocycles. The Kier molecular flexibility index (Phi) is 4.56. The number of piperazine rings is 1. The highest BCUT2D eigenvalue weighted by atomic mass is 16.5. The first-order chi connectivity index (χ1) is 10.8. The molecular weight excluding hydrogens is 280 g/mol. The van der Waals surface area contributed by atoms with Crippen molar-refractivity contribution in [2.24, 2.45) is 0 Å². The van der Waals surface area contributed by atoms with Crippen molar-refractivity contribution in [1.82, 2.24) is 4.90 Å². The summed E-state index contributed by atoms with van der Waals surface area (Å²) in [5, 5.41) is 11.2. The number of anilines is 2. The second kappa shape index (κ2) is 6.77. The van der Waals surface area contributed by atoms with E-state index in [1.54, 1.807) is 0 Å². The molecule has 0 atom stereocenters. The zero-order valence-corrected chi connectivity index (χ0v) is 12.5. The fourth-order valence-corrected chi connectivity index (χ4v) is 2.81. The van der Waals surface area contributed by atoms with E-state index in [9.17, 15) is 4.79 Å². The summed E-state index contributed by atoms with van der Waals surface area (Å²) in [5.41, 5.74) is 1.90. The van der Waals surface area contributed by atoms with E-state index >= 15 is 0 Å². The summed E-state index contributed by atoms with van der Waals surface area (Å²) in [6.45, 7) is 5.89. The molecule has 1 aromatic rings. The van der Waals surface area contributed by atoms with E-state index in [1.165, 1.54) is 5.69 Å². The van der Waals surface area contributed by atoms with Gasteiger partial charge in [-0.25, -0.2) is 0 Å². The van der Waals surface area contributed by atoms with Gasteiger partial charge in [-0.05, 0) is 24.3 Å². The molecule has 2 aliphatic rings. The smallest absolute Gasteiger partial charge is 0.238 e. The largest absolute Gasteiger partial charge is 0.378 e. The summed E-state index contributed by atoms with van der Waals surface area (Å²) in [7, 11) is 0. The summed E-state index contributed by atoms with van der Waals surface area (Å²) in [6.07, 6.45) is -0.116. The van der Waals surface area contributed by atoms with Gasteiger partial charge in [-0.15, -0.1) is 0 Å². The van der Waals surface area contributed by atoms with Crippen LogP contribution in [0, 0.1) is 11.3 Å². The summed E-state index contributed by atoms with van der Waals surface area (Å²) in [6, 6.07) is 10.3. The topological polar surface area (TPSA) is 68.6 Å². The molecular formula is C16H20N4O2. The summed E-state index contributed by atoms with van der Waals surface area (Å²) < 4.78 is 5.25. The average Bonchev–Trinajstić information content (AvgIpc) is 2.47. The van der Waals surface area contributed by atoms with Crippen molar-refractivity contribution >= 4 is 17.3 Å². The first kappa shape index (κ1) is 14.8. The van der Waals surface area contributed by atoms with Crippen LogP contribution in [-0.4, -0.2) is 56.2 Å². The van der Waals surface area contributed by atoms with Gasteiger partial charge >= 0.3 is 0 Å². The van der Waals surface area contributed by atoms with Gasteiger partial charge < -0.3 is 15.0 Å². The quantitative estimate of drug-likeness (QED) is 0.900. The molecule has 2 aliphatic heterocycles. The van der Waals surface area contributed by atoms with Crippen LogP contribution in [0.2, 0.25) is 0 Å². The number of amides is 1. The van der Waals surface area contributed by atoms with Gasteiger partial charge in [0.05, 0.1) is 25.3 Å². The highest BCUT2D eigenvalue weighted by Crippen LogP contribution is 2.21. The molecule has 1 N–H and O–H groups in total. The van der Waals surface area contributed by atoms with Crippen molar-refractivity contribution in [1.29, 1.82) is 5.26 Å². The molecule has 3 rings (SSSR count). The number of hydrogen-bond donors (Lipinski definition) is 1. The molecule has 0 radical (unpaired) electrons. The highest BCUT2D eigenvalue weighted by molar-refractivity contribution is 5.92. The minimum atomic E-state index is -0.272. The average molecular weight is 300 g/mol. The van der Waals surface area contributed by atoms with Crippen molar-refractivity contribution in [3.63, 3.8) is 0 Å². The van der Waals surface area contributed by atoms with Crippen LogP contribution in [0.15, 0.2) is 24.3 Å². The molecule has 0 unspecified atom stereocenters. The standard InChI is InChI=1S/C16H20N4O2/c17-6-5-16(21)18-13-1-3-14(4-2-13)19-7-9-20(10-8-19)15-11-22-12-15/h1-4,15H,5,7-12H2,(H,18,21). The molecule has 22 heavy (non-hydrogen) atoms. The maximum Gasteiger partial charge on any atom is 0.238 e. The molecule has 2 fully saturated rings. The van der Waals surface area contributed by atoms with E-state index in [0.29, 0.717) is 6.04 Å². The molecule has 6 nitrogen and oxygen atoms in total. The van der Waals surface area contributed by atoms with E-state index in [4.69, 9.17) is 10.00 Å². The molecule has 0 spiro atoms. The number of rotatable bonds is 4. The SMILES string of the molecule is N#CCC(=O)Nc1ccc(N2CCN(C3COC3)CC2)cc1. The number of ether oxygens (including phenoxy) is 1. The Balaban J connectivity index is 1.52. The van der Waals surface area contributed by atoms with Crippen LogP contribution in [0.3, 0.4) is 0 Å². The van der Waals surface area contributed by atoms with E-state index in [1.807, 2.05) is 30.3 Å². The number of hydrogen-bond acceptors (Lipinski definition) is 5. The van der Waals surface area contributed by atoms with Crippen LogP contribution in [0.1, 0.15) is 6.42 Å². The van der Waals surface area contributed by atoms with Crippen LogP contribution in [0.5, 0.6) is 0 Å². The van der Waals surface area contributed by atoms with Crippen LogP contribution in [0.25, 0.3) is 0 Å². The molecule has 1 amide bonds. The van der Waals surface area contributed by atoms with Gasteiger partial charge in [0.15, 0.2) is 0 Å². The van der Waals surface area contributed by atoms with Crippen molar-refractivity contribution in [3.8, 4) is 6.07 Å². The normalized spacial score (nSPS) is 19.3. The van der Waals surface area contributed by atoms with Crippen LogP contribution in [0.4, 0.5) is 11.4 Å².